The number of halogens is 2. The van der Waals surface area contributed by atoms with Crippen molar-refractivity contribution in [3.63, 3.8) is 0 Å². The van der Waals surface area contributed by atoms with Crippen LogP contribution in [0.3, 0.4) is 0 Å². The largest absolute Gasteiger partial charge is 0.612 e. The van der Waals surface area contributed by atoms with Gasteiger partial charge in [0.2, 0.25) is 0 Å². The predicted octanol–water partition coefficient (Wildman–Crippen LogP) is 5.61. The molecule has 0 radical (unpaired) electrons. The summed E-state index contributed by atoms with van der Waals surface area (Å²) in [5.74, 6) is -0.160. The average molecular weight is 595 g/mol. The van der Waals surface area contributed by atoms with Crippen molar-refractivity contribution in [3.8, 4) is 5.82 Å². The lowest BCUT2D eigenvalue weighted by Gasteiger charge is -2.26. The third-order valence-corrected chi connectivity index (χ3v) is 8.48. The molecule has 2 aromatic carbocycles. The number of hydrogen-bond acceptors (Lipinski definition) is 6. The summed E-state index contributed by atoms with van der Waals surface area (Å²) in [7, 11) is -4.27. The van der Waals surface area contributed by atoms with E-state index in [4.69, 9.17) is 27.9 Å². The van der Waals surface area contributed by atoms with Crippen molar-refractivity contribution in [3.05, 3.63) is 77.0 Å². The Morgan fingerprint density at radius 2 is 1.76 bits per heavy atom. The molecule has 0 aliphatic rings. The molecule has 0 bridgehead atoms. The number of nitrogens with zero attached hydrogens (tertiary/aromatic N) is 3. The van der Waals surface area contributed by atoms with Gasteiger partial charge in [0.15, 0.2) is 4.90 Å². The van der Waals surface area contributed by atoms with Crippen LogP contribution in [-0.2, 0) is 30.7 Å². The van der Waals surface area contributed by atoms with Gasteiger partial charge in [-0.3, -0.25) is 9.10 Å². The fourth-order valence-electron chi connectivity index (χ4n) is 3.81. The molecule has 1 unspecified atom stereocenters. The summed E-state index contributed by atoms with van der Waals surface area (Å²) in [5.41, 5.74) is 0.172. The lowest BCUT2D eigenvalue weighted by molar-refractivity contribution is -0.152. The highest BCUT2D eigenvalue weighted by Gasteiger charge is 2.30. The quantitative estimate of drug-likeness (QED) is 0.204. The van der Waals surface area contributed by atoms with E-state index >= 15 is 0 Å². The van der Waals surface area contributed by atoms with Crippen LogP contribution >= 0.6 is 23.2 Å². The summed E-state index contributed by atoms with van der Waals surface area (Å²) < 4.78 is 47.6. The molecule has 2 aromatic heterocycles. The standard InChI is InChI=1S/C26H25Cl2N3O5S2/c1-26(2,3)36-25(32)16-31(38(34,35)22-13-18(27)12-19(28)14-22)20-5-6-23-17(11-20)8-10-30(23)24-15-21(37(4)33)7-9-29-24/h5-15H,16H2,1-4H3. The molecular formula is C26H25Cl2N3O5S2. The third kappa shape index (κ3) is 6.27. The maximum absolute atomic E-state index is 13.8. The van der Waals surface area contributed by atoms with Gasteiger partial charge in [-0.2, -0.15) is 0 Å². The van der Waals surface area contributed by atoms with Crippen LogP contribution < -0.4 is 4.31 Å². The molecule has 8 nitrogen and oxygen atoms in total. The van der Waals surface area contributed by atoms with Gasteiger partial charge in [0, 0.05) is 40.0 Å². The molecular weight excluding hydrogens is 569 g/mol. The number of esters is 1. The molecule has 0 amide bonds. The van der Waals surface area contributed by atoms with Crippen molar-refractivity contribution >= 4 is 67.0 Å². The number of aromatic nitrogens is 2. The van der Waals surface area contributed by atoms with Crippen molar-refractivity contribution in [2.24, 2.45) is 0 Å². The summed E-state index contributed by atoms with van der Waals surface area (Å²) in [4.78, 5) is 17.6. The van der Waals surface area contributed by atoms with Gasteiger partial charge in [-0.25, -0.2) is 13.4 Å². The molecule has 0 saturated heterocycles. The Bertz CT molecular complexity index is 1590. The van der Waals surface area contributed by atoms with Crippen LogP contribution in [0.1, 0.15) is 20.8 Å². The average Bonchev–Trinajstić information content (AvgIpc) is 3.24. The summed E-state index contributed by atoms with van der Waals surface area (Å²) >= 11 is 11.0. The number of fused-ring (bicyclic) bond motifs is 1. The highest BCUT2D eigenvalue weighted by Crippen LogP contribution is 2.31. The zero-order valence-corrected chi connectivity index (χ0v) is 24.2. The Labute approximate surface area is 234 Å². The Hall–Kier alpha value is -2.76. The van der Waals surface area contributed by atoms with E-state index in [1.54, 1.807) is 80.4 Å². The number of rotatable bonds is 7. The number of sulfonamides is 1. The van der Waals surface area contributed by atoms with Crippen LogP contribution in [-0.4, -0.2) is 46.9 Å². The minimum absolute atomic E-state index is 0.142. The normalized spacial score (nSPS) is 12.9. The molecule has 0 spiro atoms. The van der Waals surface area contributed by atoms with Crippen LogP contribution in [0, 0.1) is 0 Å². The molecule has 0 aliphatic carbocycles. The first-order valence-corrected chi connectivity index (χ1v) is 15.1. The molecule has 4 aromatic rings. The Balaban J connectivity index is 1.80. The maximum Gasteiger partial charge on any atom is 0.327 e. The molecule has 0 fully saturated rings. The van der Waals surface area contributed by atoms with E-state index in [-0.39, 0.29) is 20.6 Å². The second kappa shape index (κ2) is 10.8. The zero-order valence-electron chi connectivity index (χ0n) is 21.0. The van der Waals surface area contributed by atoms with E-state index in [0.717, 1.165) is 9.82 Å². The van der Waals surface area contributed by atoms with Crippen LogP contribution in [0.25, 0.3) is 16.7 Å². The summed E-state index contributed by atoms with van der Waals surface area (Å²) in [6.45, 7) is 4.53. The number of ether oxygens (including phenoxy) is 1. The topological polar surface area (TPSA) is 105 Å². The molecule has 12 heteroatoms. The van der Waals surface area contributed by atoms with Crippen molar-refractivity contribution in [1.29, 1.82) is 0 Å². The number of hydrogen-bond donors (Lipinski definition) is 0. The third-order valence-electron chi connectivity index (χ3n) is 5.37. The van der Waals surface area contributed by atoms with E-state index in [9.17, 15) is 17.8 Å². The second-order valence-electron chi connectivity index (χ2n) is 9.44. The van der Waals surface area contributed by atoms with Gasteiger partial charge >= 0.3 is 5.97 Å². The first-order chi connectivity index (χ1) is 17.7. The van der Waals surface area contributed by atoms with E-state index in [1.165, 1.54) is 18.2 Å². The van der Waals surface area contributed by atoms with Crippen LogP contribution in [0.4, 0.5) is 5.69 Å². The Kier molecular flexibility index (Phi) is 8.02. The number of carbonyl (C=O) groups is 1. The van der Waals surface area contributed by atoms with Crippen LogP contribution in [0.5, 0.6) is 0 Å². The van der Waals surface area contributed by atoms with Crippen molar-refractivity contribution in [2.75, 3.05) is 17.1 Å². The molecule has 4 rings (SSSR count). The first-order valence-electron chi connectivity index (χ1n) is 11.4. The zero-order chi connectivity index (χ0) is 27.8. The summed E-state index contributed by atoms with van der Waals surface area (Å²) in [6.07, 6.45) is 4.95. The fraction of sp³-hybridized carbons (Fsp3) is 0.231. The number of benzene rings is 2. The molecule has 38 heavy (non-hydrogen) atoms. The summed E-state index contributed by atoms with van der Waals surface area (Å²) in [6, 6.07) is 14.2. The molecule has 1 atom stereocenters. The smallest absolute Gasteiger partial charge is 0.327 e. The highest BCUT2D eigenvalue weighted by atomic mass is 35.5. The minimum Gasteiger partial charge on any atom is -0.612 e. The summed E-state index contributed by atoms with van der Waals surface area (Å²) in [5, 5.41) is 0.980. The van der Waals surface area contributed by atoms with Gasteiger partial charge in [-0.15, -0.1) is 0 Å². The molecule has 2 heterocycles. The molecule has 0 aliphatic heterocycles. The number of anilines is 1. The van der Waals surface area contributed by atoms with E-state index in [1.807, 2.05) is 0 Å². The first kappa shape index (κ1) is 28.3. The van der Waals surface area contributed by atoms with Gasteiger partial charge in [-0.05, 0) is 74.4 Å². The Morgan fingerprint density at radius 3 is 2.39 bits per heavy atom. The lowest BCUT2D eigenvalue weighted by Crippen LogP contribution is -2.39. The van der Waals surface area contributed by atoms with Gasteiger partial charge in [-0.1, -0.05) is 23.2 Å². The van der Waals surface area contributed by atoms with Crippen LogP contribution in [0.2, 0.25) is 10.0 Å². The molecule has 0 N–H and O–H groups in total. The van der Waals surface area contributed by atoms with Crippen LogP contribution in [0.15, 0.2) is 76.8 Å². The second-order valence-corrected chi connectivity index (χ2v) is 13.6. The van der Waals surface area contributed by atoms with Gasteiger partial charge < -0.3 is 13.9 Å². The van der Waals surface area contributed by atoms with E-state index < -0.39 is 39.3 Å². The SMILES string of the molecule is C[S+]([O-])c1ccnc(-n2ccc3cc(N(CC(=O)OC(C)(C)C)S(=O)(=O)c4cc(Cl)cc(Cl)c4)ccc32)c1. The highest BCUT2D eigenvalue weighted by molar-refractivity contribution is 7.93. The monoisotopic (exact) mass is 593 g/mol. The van der Waals surface area contributed by atoms with Gasteiger partial charge in [0.1, 0.15) is 24.2 Å². The van der Waals surface area contributed by atoms with Gasteiger partial charge in [0.25, 0.3) is 10.0 Å². The van der Waals surface area contributed by atoms with Crippen molar-refractivity contribution < 1.29 is 22.5 Å². The lowest BCUT2D eigenvalue weighted by atomic mass is 10.2. The molecule has 200 valence electrons. The maximum atomic E-state index is 13.8. The fourth-order valence-corrected chi connectivity index (χ4v) is 6.46. The molecule has 0 saturated carbocycles. The number of carbonyl (C=O) groups excluding carboxylic acids is 1. The Morgan fingerprint density at radius 1 is 1.08 bits per heavy atom. The van der Waals surface area contributed by atoms with E-state index in [2.05, 4.69) is 4.98 Å². The predicted molar refractivity (Wildman–Crippen MR) is 150 cm³/mol. The number of pyridine rings is 1. The van der Waals surface area contributed by atoms with Gasteiger partial charge in [0.05, 0.1) is 16.1 Å². The minimum atomic E-state index is -4.27. The van der Waals surface area contributed by atoms with E-state index in [0.29, 0.717) is 16.1 Å². The van der Waals surface area contributed by atoms with Crippen molar-refractivity contribution in [2.45, 2.75) is 36.2 Å². The van der Waals surface area contributed by atoms with Crippen molar-refractivity contribution in [1.82, 2.24) is 9.55 Å².